The highest BCUT2D eigenvalue weighted by Crippen LogP contribution is 2.19. The molecule has 86 valence electrons. The first-order valence-electron chi connectivity index (χ1n) is 4.73. The van der Waals surface area contributed by atoms with Crippen LogP contribution in [0.4, 0.5) is 0 Å². The number of nitrogens with one attached hydrogen (secondary N) is 1. The predicted octanol–water partition coefficient (Wildman–Crippen LogP) is 0.978. The first-order chi connectivity index (χ1) is 7.09. The van der Waals surface area contributed by atoms with Crippen molar-refractivity contribution < 1.29 is 8.42 Å². The van der Waals surface area contributed by atoms with Crippen LogP contribution in [0.3, 0.4) is 0 Å². The highest BCUT2D eigenvalue weighted by molar-refractivity contribution is 7.91. The molecule has 0 bridgehead atoms. The summed E-state index contributed by atoms with van der Waals surface area (Å²) in [7, 11) is 0.219. The van der Waals surface area contributed by atoms with E-state index >= 15 is 0 Å². The van der Waals surface area contributed by atoms with Gasteiger partial charge in [-0.2, -0.15) is 0 Å². The van der Waals surface area contributed by atoms with Gasteiger partial charge in [0.15, 0.2) is 0 Å². The summed E-state index contributed by atoms with van der Waals surface area (Å²) >= 11 is 1.25. The standard InChI is InChI=1S/C9H16N2O2S2/c1-10-6-4-7-11(2)15(12,13)9-5-3-8-14-9/h3,5,8,10H,4,6-7H2,1-2H3. The van der Waals surface area contributed by atoms with E-state index in [4.69, 9.17) is 0 Å². The molecule has 0 atom stereocenters. The van der Waals surface area contributed by atoms with Gasteiger partial charge in [-0.15, -0.1) is 11.3 Å². The number of hydrogen-bond acceptors (Lipinski definition) is 4. The molecule has 1 N–H and O–H groups in total. The zero-order valence-electron chi connectivity index (χ0n) is 8.93. The fraction of sp³-hybridized carbons (Fsp3) is 0.556. The first-order valence-corrected chi connectivity index (χ1v) is 7.05. The molecule has 0 amide bonds. The van der Waals surface area contributed by atoms with Crippen molar-refractivity contribution in [3.05, 3.63) is 17.5 Å². The number of hydrogen-bond donors (Lipinski definition) is 1. The molecular formula is C9H16N2O2S2. The second kappa shape index (κ2) is 5.60. The lowest BCUT2D eigenvalue weighted by Gasteiger charge is -2.15. The maximum absolute atomic E-state index is 11.9. The molecule has 0 aliphatic carbocycles. The largest absolute Gasteiger partial charge is 0.320 e. The van der Waals surface area contributed by atoms with Crippen molar-refractivity contribution >= 4 is 21.4 Å². The molecule has 0 saturated carbocycles. The van der Waals surface area contributed by atoms with Gasteiger partial charge in [0.2, 0.25) is 0 Å². The van der Waals surface area contributed by atoms with Crippen molar-refractivity contribution in [2.24, 2.45) is 0 Å². The smallest absolute Gasteiger partial charge is 0.252 e. The Hall–Kier alpha value is -0.430. The molecule has 0 radical (unpaired) electrons. The molecule has 15 heavy (non-hydrogen) atoms. The average molecular weight is 248 g/mol. The number of thiophene rings is 1. The van der Waals surface area contributed by atoms with E-state index in [0.29, 0.717) is 10.8 Å². The van der Waals surface area contributed by atoms with Crippen molar-refractivity contribution in [2.75, 3.05) is 27.2 Å². The van der Waals surface area contributed by atoms with Gasteiger partial charge in [0.1, 0.15) is 4.21 Å². The molecule has 0 aliphatic rings. The van der Waals surface area contributed by atoms with Crippen LogP contribution >= 0.6 is 11.3 Å². The van der Waals surface area contributed by atoms with Crippen LogP contribution in [-0.4, -0.2) is 39.9 Å². The molecule has 0 aliphatic heterocycles. The van der Waals surface area contributed by atoms with Crippen LogP contribution in [0, 0.1) is 0 Å². The van der Waals surface area contributed by atoms with E-state index in [1.54, 1.807) is 24.6 Å². The highest BCUT2D eigenvalue weighted by atomic mass is 32.2. The molecule has 0 unspecified atom stereocenters. The van der Waals surface area contributed by atoms with Crippen molar-refractivity contribution in [3.63, 3.8) is 0 Å². The highest BCUT2D eigenvalue weighted by Gasteiger charge is 2.20. The van der Waals surface area contributed by atoms with Crippen LogP contribution in [0.5, 0.6) is 0 Å². The van der Waals surface area contributed by atoms with E-state index in [1.165, 1.54) is 15.6 Å². The van der Waals surface area contributed by atoms with Crippen LogP contribution in [0.2, 0.25) is 0 Å². The molecule has 4 nitrogen and oxygen atoms in total. The molecule has 0 saturated heterocycles. The van der Waals surface area contributed by atoms with Crippen molar-refractivity contribution in [2.45, 2.75) is 10.6 Å². The Labute approximate surface area is 95.0 Å². The summed E-state index contributed by atoms with van der Waals surface area (Å²) in [5.41, 5.74) is 0. The van der Waals surface area contributed by atoms with E-state index in [0.717, 1.165) is 13.0 Å². The lowest BCUT2D eigenvalue weighted by molar-refractivity contribution is 0.459. The minimum Gasteiger partial charge on any atom is -0.320 e. The number of nitrogens with zero attached hydrogens (tertiary/aromatic N) is 1. The Morgan fingerprint density at radius 2 is 2.27 bits per heavy atom. The van der Waals surface area contributed by atoms with Crippen LogP contribution in [0.1, 0.15) is 6.42 Å². The molecule has 1 aromatic rings. The quantitative estimate of drug-likeness (QED) is 0.763. The van der Waals surface area contributed by atoms with E-state index in [2.05, 4.69) is 5.32 Å². The first kappa shape index (κ1) is 12.6. The third kappa shape index (κ3) is 3.27. The van der Waals surface area contributed by atoms with Gasteiger partial charge in [0, 0.05) is 13.6 Å². The minimum absolute atomic E-state index is 0.412. The molecule has 1 heterocycles. The monoisotopic (exact) mass is 248 g/mol. The Kier molecular flexibility index (Phi) is 4.72. The van der Waals surface area contributed by atoms with Gasteiger partial charge in [0.25, 0.3) is 10.0 Å². The zero-order valence-corrected chi connectivity index (χ0v) is 10.6. The van der Waals surface area contributed by atoms with E-state index < -0.39 is 10.0 Å². The third-order valence-electron chi connectivity index (χ3n) is 2.06. The average Bonchev–Trinajstić information content (AvgIpc) is 2.71. The fourth-order valence-electron chi connectivity index (χ4n) is 1.16. The van der Waals surface area contributed by atoms with Crippen molar-refractivity contribution in [3.8, 4) is 0 Å². The van der Waals surface area contributed by atoms with Gasteiger partial charge in [-0.05, 0) is 31.5 Å². The van der Waals surface area contributed by atoms with E-state index in [-0.39, 0.29) is 0 Å². The van der Waals surface area contributed by atoms with Crippen LogP contribution < -0.4 is 5.32 Å². The van der Waals surface area contributed by atoms with Crippen LogP contribution in [-0.2, 0) is 10.0 Å². The second-order valence-electron chi connectivity index (χ2n) is 3.22. The van der Waals surface area contributed by atoms with Crippen molar-refractivity contribution in [1.29, 1.82) is 0 Å². The molecule has 0 fully saturated rings. The van der Waals surface area contributed by atoms with Crippen LogP contribution in [0.25, 0.3) is 0 Å². The maximum Gasteiger partial charge on any atom is 0.252 e. The molecular weight excluding hydrogens is 232 g/mol. The molecule has 1 rings (SSSR count). The molecule has 0 aromatic carbocycles. The number of sulfonamides is 1. The fourth-order valence-corrected chi connectivity index (χ4v) is 3.57. The predicted molar refractivity (Wildman–Crippen MR) is 62.7 cm³/mol. The Morgan fingerprint density at radius 3 is 2.80 bits per heavy atom. The lowest BCUT2D eigenvalue weighted by atomic mass is 10.4. The Balaban J connectivity index is 2.62. The summed E-state index contributed by atoms with van der Waals surface area (Å²) in [4.78, 5) is 0. The van der Waals surface area contributed by atoms with Gasteiger partial charge in [-0.25, -0.2) is 12.7 Å². The Morgan fingerprint density at radius 1 is 1.53 bits per heavy atom. The lowest BCUT2D eigenvalue weighted by Crippen LogP contribution is -2.29. The van der Waals surface area contributed by atoms with E-state index in [1.807, 2.05) is 7.05 Å². The summed E-state index contributed by atoms with van der Waals surface area (Å²) in [5.74, 6) is 0. The molecule has 1 aromatic heterocycles. The summed E-state index contributed by atoms with van der Waals surface area (Å²) in [6, 6.07) is 3.38. The topological polar surface area (TPSA) is 49.4 Å². The SMILES string of the molecule is CNCCCN(C)S(=O)(=O)c1cccs1. The van der Waals surface area contributed by atoms with E-state index in [9.17, 15) is 8.42 Å². The summed E-state index contributed by atoms with van der Waals surface area (Å²) in [6.45, 7) is 1.37. The maximum atomic E-state index is 11.9. The van der Waals surface area contributed by atoms with Gasteiger partial charge >= 0.3 is 0 Å². The van der Waals surface area contributed by atoms with Gasteiger partial charge < -0.3 is 5.32 Å². The minimum atomic E-state index is -3.25. The summed E-state index contributed by atoms with van der Waals surface area (Å²) in [6.07, 6.45) is 0.817. The van der Waals surface area contributed by atoms with Gasteiger partial charge in [-0.3, -0.25) is 0 Å². The third-order valence-corrected chi connectivity index (χ3v) is 5.29. The second-order valence-corrected chi connectivity index (χ2v) is 6.44. The summed E-state index contributed by atoms with van der Waals surface area (Å²) < 4.78 is 25.6. The molecule has 0 spiro atoms. The molecule has 6 heteroatoms. The zero-order chi connectivity index (χ0) is 11.3. The van der Waals surface area contributed by atoms with Gasteiger partial charge in [0.05, 0.1) is 0 Å². The number of rotatable bonds is 6. The van der Waals surface area contributed by atoms with Crippen molar-refractivity contribution in [1.82, 2.24) is 9.62 Å². The summed E-state index contributed by atoms with van der Waals surface area (Å²) in [5, 5.41) is 4.76. The van der Waals surface area contributed by atoms with Crippen LogP contribution in [0.15, 0.2) is 21.7 Å². The Bertz CT molecular complexity index is 373. The normalized spacial score (nSPS) is 12.2. The van der Waals surface area contributed by atoms with Gasteiger partial charge in [-0.1, -0.05) is 6.07 Å².